The summed E-state index contributed by atoms with van der Waals surface area (Å²) in [6, 6.07) is 15.4. The molecule has 1 amide bonds. The van der Waals surface area contributed by atoms with E-state index in [0.717, 1.165) is 31.5 Å². The molecule has 3 aromatic rings. The van der Waals surface area contributed by atoms with E-state index in [4.69, 9.17) is 4.74 Å². The molecule has 0 atom stereocenters. The molecule has 10 heteroatoms. The number of para-hydroxylation sites is 1. The summed E-state index contributed by atoms with van der Waals surface area (Å²) in [7, 11) is -0.608. The van der Waals surface area contributed by atoms with Gasteiger partial charge in [0.15, 0.2) is 11.4 Å². The van der Waals surface area contributed by atoms with Crippen LogP contribution in [0.2, 0.25) is 0 Å². The summed E-state index contributed by atoms with van der Waals surface area (Å²) >= 11 is 0. The molecule has 0 saturated carbocycles. The summed E-state index contributed by atoms with van der Waals surface area (Å²) in [6.07, 6.45) is 5.21. The van der Waals surface area contributed by atoms with Gasteiger partial charge in [-0.1, -0.05) is 30.7 Å². The summed E-state index contributed by atoms with van der Waals surface area (Å²) < 4.78 is 36.9. The Morgan fingerprint density at radius 2 is 1.88 bits per heavy atom. The number of carbonyl (C=O) groups excluding carboxylic acids is 1. The van der Waals surface area contributed by atoms with Crippen molar-refractivity contribution in [2.45, 2.75) is 30.6 Å². The molecule has 0 radical (unpaired) electrons. The maximum absolute atomic E-state index is 13.0. The number of amides is 1. The van der Waals surface area contributed by atoms with E-state index in [2.05, 4.69) is 14.8 Å². The third kappa shape index (κ3) is 5.28. The quantitative estimate of drug-likeness (QED) is 0.575. The SMILES string of the molecule is COc1cn(-c2ccccc2)nc1C(=O)Nc1cccc(S(=O)(=O)N=C2CCCCCN2C)c1. The molecule has 1 N–H and O–H groups in total. The van der Waals surface area contributed by atoms with Crippen molar-refractivity contribution in [3.8, 4) is 11.4 Å². The number of sulfonamides is 1. The van der Waals surface area contributed by atoms with Crippen LogP contribution in [0.5, 0.6) is 5.75 Å². The number of ether oxygens (including phenoxy) is 1. The van der Waals surface area contributed by atoms with E-state index in [1.165, 1.54) is 19.2 Å². The van der Waals surface area contributed by atoms with Crippen LogP contribution in [0.15, 0.2) is 70.1 Å². The minimum atomic E-state index is -3.93. The molecule has 2 aromatic carbocycles. The van der Waals surface area contributed by atoms with Crippen LogP contribution >= 0.6 is 0 Å². The van der Waals surface area contributed by atoms with Gasteiger partial charge in [0.05, 0.1) is 23.9 Å². The zero-order valence-electron chi connectivity index (χ0n) is 19.1. The highest BCUT2D eigenvalue weighted by atomic mass is 32.2. The molecule has 4 rings (SSSR count). The van der Waals surface area contributed by atoms with E-state index < -0.39 is 15.9 Å². The first-order valence-electron chi connectivity index (χ1n) is 11.0. The average Bonchev–Trinajstić information content (AvgIpc) is 3.19. The molecule has 1 aliphatic rings. The van der Waals surface area contributed by atoms with Gasteiger partial charge in [0, 0.05) is 25.7 Å². The van der Waals surface area contributed by atoms with Gasteiger partial charge in [-0.3, -0.25) is 4.79 Å². The van der Waals surface area contributed by atoms with Crippen LogP contribution in [-0.4, -0.2) is 55.5 Å². The summed E-state index contributed by atoms with van der Waals surface area (Å²) in [4.78, 5) is 14.9. The van der Waals surface area contributed by atoms with Crippen molar-refractivity contribution >= 4 is 27.5 Å². The largest absolute Gasteiger partial charge is 0.493 e. The molecule has 1 saturated heterocycles. The van der Waals surface area contributed by atoms with Crippen molar-refractivity contribution in [2.75, 3.05) is 26.0 Å². The standard InChI is InChI=1S/C24H27N5O4S/c1-28-15-8-4-7-14-22(28)27-34(31,32)20-13-9-10-18(16-20)25-24(30)23-21(33-2)17-29(26-23)19-11-5-3-6-12-19/h3,5-6,9-13,16-17H,4,7-8,14-15H2,1-2H3,(H,25,30). The predicted molar refractivity (Wildman–Crippen MR) is 130 cm³/mol. The molecule has 1 fully saturated rings. The maximum atomic E-state index is 13.0. The highest BCUT2D eigenvalue weighted by Crippen LogP contribution is 2.23. The van der Waals surface area contributed by atoms with E-state index >= 15 is 0 Å². The Bertz CT molecular complexity index is 1300. The highest BCUT2D eigenvalue weighted by molar-refractivity contribution is 7.90. The number of hydrogen-bond donors (Lipinski definition) is 1. The first-order chi connectivity index (χ1) is 16.4. The summed E-state index contributed by atoms with van der Waals surface area (Å²) in [5.41, 5.74) is 1.17. The fourth-order valence-electron chi connectivity index (χ4n) is 3.74. The highest BCUT2D eigenvalue weighted by Gasteiger charge is 2.21. The van der Waals surface area contributed by atoms with E-state index in [1.807, 2.05) is 42.3 Å². The monoisotopic (exact) mass is 481 g/mol. The second-order valence-electron chi connectivity index (χ2n) is 8.02. The minimum Gasteiger partial charge on any atom is -0.493 e. The van der Waals surface area contributed by atoms with Gasteiger partial charge in [-0.15, -0.1) is 4.40 Å². The van der Waals surface area contributed by atoms with Gasteiger partial charge in [0.1, 0.15) is 5.84 Å². The molecule has 0 spiro atoms. The number of aromatic nitrogens is 2. The molecule has 1 aliphatic heterocycles. The summed E-state index contributed by atoms with van der Waals surface area (Å²) in [5, 5.41) is 7.06. The van der Waals surface area contributed by atoms with Crippen molar-refractivity contribution in [1.29, 1.82) is 0 Å². The third-order valence-electron chi connectivity index (χ3n) is 5.59. The Morgan fingerprint density at radius 3 is 2.65 bits per heavy atom. The zero-order valence-corrected chi connectivity index (χ0v) is 20.0. The molecule has 34 heavy (non-hydrogen) atoms. The lowest BCUT2D eigenvalue weighted by Crippen LogP contribution is -2.26. The van der Waals surface area contributed by atoms with E-state index in [1.54, 1.807) is 23.0 Å². The van der Waals surface area contributed by atoms with E-state index in [0.29, 0.717) is 23.7 Å². The molecular weight excluding hydrogens is 454 g/mol. The Balaban J connectivity index is 1.57. The number of methoxy groups -OCH3 is 1. The normalized spacial score (nSPS) is 15.7. The zero-order chi connectivity index (χ0) is 24.1. The number of benzene rings is 2. The molecule has 9 nitrogen and oxygen atoms in total. The number of likely N-dealkylation sites (tertiary alicyclic amines) is 1. The fraction of sp³-hybridized carbons (Fsp3) is 0.292. The molecule has 0 bridgehead atoms. The van der Waals surface area contributed by atoms with Crippen LogP contribution in [0.1, 0.15) is 36.2 Å². The van der Waals surface area contributed by atoms with Crippen molar-refractivity contribution in [3.63, 3.8) is 0 Å². The lowest BCUT2D eigenvalue weighted by atomic mass is 10.2. The van der Waals surface area contributed by atoms with Gasteiger partial charge in [0.2, 0.25) is 0 Å². The van der Waals surface area contributed by atoms with Gasteiger partial charge in [-0.25, -0.2) is 4.68 Å². The maximum Gasteiger partial charge on any atom is 0.284 e. The molecule has 2 heterocycles. The Morgan fingerprint density at radius 1 is 1.09 bits per heavy atom. The number of carbonyl (C=O) groups is 1. The number of amidine groups is 1. The van der Waals surface area contributed by atoms with Crippen LogP contribution in [0.25, 0.3) is 5.69 Å². The smallest absolute Gasteiger partial charge is 0.284 e. The lowest BCUT2D eigenvalue weighted by Gasteiger charge is -2.17. The summed E-state index contributed by atoms with van der Waals surface area (Å²) in [6.45, 7) is 0.780. The first-order valence-corrected chi connectivity index (χ1v) is 12.5. The van der Waals surface area contributed by atoms with Gasteiger partial charge < -0.3 is 15.0 Å². The number of anilines is 1. The molecule has 0 unspecified atom stereocenters. The van der Waals surface area contributed by atoms with Crippen molar-refractivity contribution in [2.24, 2.45) is 4.40 Å². The molecule has 178 valence electrons. The van der Waals surface area contributed by atoms with Gasteiger partial charge >= 0.3 is 0 Å². The second-order valence-corrected chi connectivity index (χ2v) is 9.63. The van der Waals surface area contributed by atoms with Gasteiger partial charge in [-0.2, -0.15) is 13.5 Å². The van der Waals surface area contributed by atoms with Crippen LogP contribution in [0, 0.1) is 0 Å². The third-order valence-corrected chi connectivity index (χ3v) is 6.89. The molecule has 0 aliphatic carbocycles. The van der Waals surface area contributed by atoms with Crippen molar-refractivity contribution < 1.29 is 17.9 Å². The Hall–Kier alpha value is -3.66. The van der Waals surface area contributed by atoms with Gasteiger partial charge in [0.25, 0.3) is 15.9 Å². The van der Waals surface area contributed by atoms with Crippen LogP contribution in [0.3, 0.4) is 0 Å². The van der Waals surface area contributed by atoms with Crippen LogP contribution in [-0.2, 0) is 10.0 Å². The lowest BCUT2D eigenvalue weighted by molar-refractivity contribution is 0.101. The number of nitrogens with zero attached hydrogens (tertiary/aromatic N) is 4. The molecule has 1 aromatic heterocycles. The Labute approximate surface area is 199 Å². The average molecular weight is 482 g/mol. The summed E-state index contributed by atoms with van der Waals surface area (Å²) in [5.74, 6) is 0.340. The van der Waals surface area contributed by atoms with Gasteiger partial charge in [-0.05, 0) is 43.2 Å². The minimum absolute atomic E-state index is 0.0113. The van der Waals surface area contributed by atoms with E-state index in [-0.39, 0.29) is 10.6 Å². The first kappa shape index (κ1) is 23.5. The van der Waals surface area contributed by atoms with Crippen LogP contribution < -0.4 is 10.1 Å². The van der Waals surface area contributed by atoms with Crippen LogP contribution in [0.4, 0.5) is 5.69 Å². The second kappa shape index (κ2) is 10.1. The van der Waals surface area contributed by atoms with Crippen molar-refractivity contribution in [1.82, 2.24) is 14.7 Å². The fourth-order valence-corrected chi connectivity index (χ4v) is 4.88. The van der Waals surface area contributed by atoms with Crippen molar-refractivity contribution in [3.05, 3.63) is 66.5 Å². The number of rotatable bonds is 6. The number of hydrogen-bond acceptors (Lipinski definition) is 5. The topological polar surface area (TPSA) is 106 Å². The predicted octanol–water partition coefficient (Wildman–Crippen LogP) is 3.73. The Kier molecular flexibility index (Phi) is 6.97. The number of nitrogens with one attached hydrogen (secondary N) is 1. The van der Waals surface area contributed by atoms with E-state index in [9.17, 15) is 13.2 Å². The molecular formula is C24H27N5O4S.